The molecule has 1 saturated heterocycles. The summed E-state index contributed by atoms with van der Waals surface area (Å²) in [5.74, 6) is 0.969. The molecule has 21 heavy (non-hydrogen) atoms. The van der Waals surface area contributed by atoms with Gasteiger partial charge in [-0.2, -0.15) is 0 Å². The molecule has 0 saturated carbocycles. The lowest BCUT2D eigenvalue weighted by atomic mass is 10.0. The van der Waals surface area contributed by atoms with E-state index >= 15 is 0 Å². The lowest BCUT2D eigenvalue weighted by Crippen LogP contribution is -2.38. The number of anilines is 1. The zero-order valence-electron chi connectivity index (χ0n) is 13.8. The van der Waals surface area contributed by atoms with Crippen LogP contribution in [0.5, 0.6) is 0 Å². The monoisotopic (exact) mass is 294 g/mol. The number of rotatable bonds is 8. The zero-order chi connectivity index (χ0) is 15.1. The molecule has 1 atom stereocenters. The van der Waals surface area contributed by atoms with E-state index < -0.39 is 0 Å². The van der Waals surface area contributed by atoms with Crippen molar-refractivity contribution < 1.29 is 4.74 Å². The molecule has 120 valence electrons. The SMILES string of the molecule is COCCn1cc(C)nc1NCCCN1CCCCC1C. The van der Waals surface area contributed by atoms with Crippen LogP contribution < -0.4 is 5.32 Å². The van der Waals surface area contributed by atoms with Gasteiger partial charge in [-0.1, -0.05) is 6.42 Å². The second-order valence-corrected chi connectivity index (χ2v) is 6.05. The highest BCUT2D eigenvalue weighted by molar-refractivity contribution is 5.28. The molecule has 5 nitrogen and oxygen atoms in total. The number of imidazole rings is 1. The molecule has 0 spiro atoms. The van der Waals surface area contributed by atoms with E-state index in [9.17, 15) is 0 Å². The van der Waals surface area contributed by atoms with E-state index in [1.807, 2.05) is 6.92 Å². The quantitative estimate of drug-likeness (QED) is 0.748. The molecule has 0 bridgehead atoms. The van der Waals surface area contributed by atoms with Crippen LogP contribution in [0, 0.1) is 6.92 Å². The summed E-state index contributed by atoms with van der Waals surface area (Å²) in [5.41, 5.74) is 1.05. The van der Waals surface area contributed by atoms with Crippen LogP contribution >= 0.6 is 0 Å². The summed E-state index contributed by atoms with van der Waals surface area (Å²) < 4.78 is 7.28. The maximum atomic E-state index is 5.14. The van der Waals surface area contributed by atoms with E-state index in [0.717, 1.165) is 37.4 Å². The smallest absolute Gasteiger partial charge is 0.203 e. The molecule has 0 aliphatic carbocycles. The first kappa shape index (κ1) is 16.3. The molecule has 0 radical (unpaired) electrons. The Labute approximate surface area is 128 Å². The fourth-order valence-electron chi connectivity index (χ4n) is 3.02. The molecule has 1 aliphatic rings. The number of ether oxygens (including phenoxy) is 1. The Kier molecular flexibility index (Phi) is 6.51. The van der Waals surface area contributed by atoms with E-state index in [4.69, 9.17) is 4.74 Å². The van der Waals surface area contributed by atoms with Gasteiger partial charge in [0.1, 0.15) is 0 Å². The fraction of sp³-hybridized carbons (Fsp3) is 0.812. The van der Waals surface area contributed by atoms with Gasteiger partial charge in [0.15, 0.2) is 0 Å². The predicted octanol–water partition coefficient (Wildman–Crippen LogP) is 2.51. The number of nitrogens with zero attached hydrogens (tertiary/aromatic N) is 3. The van der Waals surface area contributed by atoms with Crippen molar-refractivity contribution in [1.29, 1.82) is 0 Å². The van der Waals surface area contributed by atoms with E-state index in [2.05, 4.69) is 32.9 Å². The summed E-state index contributed by atoms with van der Waals surface area (Å²) in [5, 5.41) is 3.47. The Morgan fingerprint density at radius 1 is 1.38 bits per heavy atom. The van der Waals surface area contributed by atoms with Gasteiger partial charge in [0.2, 0.25) is 5.95 Å². The van der Waals surface area contributed by atoms with Gasteiger partial charge in [-0.15, -0.1) is 0 Å². The Morgan fingerprint density at radius 2 is 2.24 bits per heavy atom. The minimum Gasteiger partial charge on any atom is -0.383 e. The highest BCUT2D eigenvalue weighted by Crippen LogP contribution is 2.16. The Bertz CT molecular complexity index is 418. The molecule has 5 heteroatoms. The highest BCUT2D eigenvalue weighted by atomic mass is 16.5. The van der Waals surface area contributed by atoms with Crippen molar-refractivity contribution in [3.63, 3.8) is 0 Å². The van der Waals surface area contributed by atoms with Gasteiger partial charge in [0, 0.05) is 39.0 Å². The minimum atomic E-state index is 0.718. The van der Waals surface area contributed by atoms with Crippen molar-refractivity contribution in [1.82, 2.24) is 14.5 Å². The number of piperidine rings is 1. The van der Waals surface area contributed by atoms with Gasteiger partial charge in [-0.25, -0.2) is 4.98 Å². The van der Waals surface area contributed by atoms with E-state index in [1.165, 1.54) is 38.8 Å². The normalized spacial score (nSPS) is 19.9. The van der Waals surface area contributed by atoms with Gasteiger partial charge in [0.05, 0.1) is 12.3 Å². The van der Waals surface area contributed by atoms with Crippen LogP contribution in [0.1, 0.15) is 38.3 Å². The van der Waals surface area contributed by atoms with E-state index in [0.29, 0.717) is 0 Å². The fourth-order valence-corrected chi connectivity index (χ4v) is 3.02. The molecule has 2 rings (SSSR count). The van der Waals surface area contributed by atoms with Crippen LogP contribution in [0.3, 0.4) is 0 Å². The van der Waals surface area contributed by atoms with Gasteiger partial charge >= 0.3 is 0 Å². The third kappa shape index (κ3) is 5.00. The van der Waals surface area contributed by atoms with Crippen LogP contribution in [-0.4, -0.2) is 53.8 Å². The maximum absolute atomic E-state index is 5.14. The number of hydrogen-bond acceptors (Lipinski definition) is 4. The summed E-state index contributed by atoms with van der Waals surface area (Å²) >= 11 is 0. The molecule has 0 aromatic carbocycles. The topological polar surface area (TPSA) is 42.3 Å². The molecule has 1 fully saturated rings. The summed E-state index contributed by atoms with van der Waals surface area (Å²) in [6.07, 6.45) is 7.35. The second kappa shape index (κ2) is 8.39. The van der Waals surface area contributed by atoms with Crippen molar-refractivity contribution in [3.05, 3.63) is 11.9 Å². The Balaban J connectivity index is 1.72. The van der Waals surface area contributed by atoms with Crippen LogP contribution in [-0.2, 0) is 11.3 Å². The molecule has 2 heterocycles. The van der Waals surface area contributed by atoms with Crippen molar-refractivity contribution in [2.75, 3.05) is 38.7 Å². The van der Waals surface area contributed by atoms with Gasteiger partial charge in [0.25, 0.3) is 0 Å². The third-order valence-electron chi connectivity index (χ3n) is 4.28. The van der Waals surface area contributed by atoms with Crippen molar-refractivity contribution in [2.45, 2.75) is 52.1 Å². The average molecular weight is 294 g/mol. The third-order valence-corrected chi connectivity index (χ3v) is 4.28. The van der Waals surface area contributed by atoms with Crippen LogP contribution in [0.2, 0.25) is 0 Å². The number of aryl methyl sites for hydroxylation is 1. The van der Waals surface area contributed by atoms with Crippen LogP contribution in [0.4, 0.5) is 5.95 Å². The number of hydrogen-bond donors (Lipinski definition) is 1. The molecule has 0 amide bonds. The maximum Gasteiger partial charge on any atom is 0.203 e. The van der Waals surface area contributed by atoms with Gasteiger partial charge < -0.3 is 19.5 Å². The first-order chi connectivity index (χ1) is 10.2. The molecule has 1 aromatic rings. The molecule has 1 N–H and O–H groups in total. The van der Waals surface area contributed by atoms with Gasteiger partial charge in [-0.05, 0) is 39.7 Å². The molecule has 1 aromatic heterocycles. The highest BCUT2D eigenvalue weighted by Gasteiger charge is 2.17. The van der Waals surface area contributed by atoms with Crippen LogP contribution in [0.15, 0.2) is 6.20 Å². The number of likely N-dealkylation sites (tertiary alicyclic amines) is 1. The number of aromatic nitrogens is 2. The molecule has 1 aliphatic heterocycles. The average Bonchev–Trinajstić information content (AvgIpc) is 2.83. The Hall–Kier alpha value is -1.07. The lowest BCUT2D eigenvalue weighted by molar-refractivity contribution is 0.160. The second-order valence-electron chi connectivity index (χ2n) is 6.05. The first-order valence-corrected chi connectivity index (χ1v) is 8.21. The van der Waals surface area contributed by atoms with Crippen molar-refractivity contribution >= 4 is 5.95 Å². The zero-order valence-corrected chi connectivity index (χ0v) is 13.8. The minimum absolute atomic E-state index is 0.718. The largest absolute Gasteiger partial charge is 0.383 e. The summed E-state index contributed by atoms with van der Waals surface area (Å²) in [4.78, 5) is 7.16. The van der Waals surface area contributed by atoms with Crippen molar-refractivity contribution in [3.8, 4) is 0 Å². The van der Waals surface area contributed by atoms with Gasteiger partial charge in [-0.3, -0.25) is 0 Å². The number of nitrogens with one attached hydrogen (secondary N) is 1. The van der Waals surface area contributed by atoms with Crippen molar-refractivity contribution in [2.24, 2.45) is 0 Å². The molecule has 1 unspecified atom stereocenters. The predicted molar refractivity (Wildman–Crippen MR) is 86.8 cm³/mol. The molecular formula is C16H30N4O. The summed E-state index contributed by atoms with van der Waals surface area (Å²) in [7, 11) is 1.73. The molecular weight excluding hydrogens is 264 g/mol. The van der Waals surface area contributed by atoms with E-state index in [1.54, 1.807) is 7.11 Å². The Morgan fingerprint density at radius 3 is 3.00 bits per heavy atom. The number of methoxy groups -OCH3 is 1. The standard InChI is InChI=1S/C16H30N4O/c1-14-13-20(11-12-21-3)16(18-14)17-8-6-10-19-9-5-4-7-15(19)2/h13,15H,4-12H2,1-3H3,(H,17,18). The van der Waals surface area contributed by atoms with Crippen LogP contribution in [0.25, 0.3) is 0 Å². The van der Waals surface area contributed by atoms with E-state index in [-0.39, 0.29) is 0 Å². The lowest BCUT2D eigenvalue weighted by Gasteiger charge is -2.33. The summed E-state index contributed by atoms with van der Waals surface area (Å²) in [6.45, 7) is 9.39. The first-order valence-electron chi connectivity index (χ1n) is 8.21. The summed E-state index contributed by atoms with van der Waals surface area (Å²) in [6, 6.07) is 0.754.